The lowest BCUT2D eigenvalue weighted by Crippen LogP contribution is -2.74. The minimum atomic E-state index is -0.298. The lowest BCUT2D eigenvalue weighted by molar-refractivity contribution is -0.199. The van der Waals surface area contributed by atoms with Gasteiger partial charge in [0.1, 0.15) is 23.6 Å². The van der Waals surface area contributed by atoms with Gasteiger partial charge in [0.15, 0.2) is 0 Å². The molecule has 4 rings (SSSR count). The molecule has 1 fully saturated rings. The number of carbonyl (C=O) groups excluding carboxylic acids is 1. The lowest BCUT2D eigenvalue weighted by atomic mass is 9.49. The highest BCUT2D eigenvalue weighted by Gasteiger charge is 2.67. The molecule has 6 heteroatoms. The van der Waals surface area contributed by atoms with Crippen molar-refractivity contribution >= 4 is 17.5 Å². The van der Waals surface area contributed by atoms with Gasteiger partial charge in [0.2, 0.25) is 0 Å². The molecule has 31 heavy (non-hydrogen) atoms. The molecule has 0 unspecified atom stereocenters. The van der Waals surface area contributed by atoms with E-state index in [1.807, 2.05) is 11.0 Å². The van der Waals surface area contributed by atoms with E-state index < -0.39 is 0 Å². The zero-order chi connectivity index (χ0) is 22.6. The third kappa shape index (κ3) is 3.25. The molecule has 1 aliphatic heterocycles. The first-order valence-corrected chi connectivity index (χ1v) is 10.6. The first kappa shape index (κ1) is 21.2. The van der Waals surface area contributed by atoms with Gasteiger partial charge in [-0.25, -0.2) is 4.98 Å². The summed E-state index contributed by atoms with van der Waals surface area (Å²) in [7, 11) is 0. The maximum absolute atomic E-state index is 13.2. The van der Waals surface area contributed by atoms with Crippen molar-refractivity contribution in [3.05, 3.63) is 57.9 Å². The van der Waals surface area contributed by atoms with Crippen molar-refractivity contribution in [1.82, 2.24) is 9.88 Å². The number of fused-ring (bicyclic) bond motifs is 1. The number of carbonyl (C=O) groups is 1. The number of aromatic nitrogens is 1. The molecule has 1 aromatic carbocycles. The van der Waals surface area contributed by atoms with E-state index in [1.54, 1.807) is 31.2 Å². The van der Waals surface area contributed by atoms with Crippen LogP contribution >= 0.6 is 11.6 Å². The highest BCUT2D eigenvalue weighted by atomic mass is 35.5. The minimum absolute atomic E-state index is 0.00419. The Morgan fingerprint density at radius 3 is 2.52 bits per heavy atom. The maximum Gasteiger partial charge on any atom is 0.256 e. The van der Waals surface area contributed by atoms with Crippen LogP contribution in [0.1, 0.15) is 61.9 Å². The molecule has 1 aromatic heterocycles. The molecule has 158 valence electrons. The summed E-state index contributed by atoms with van der Waals surface area (Å²) in [5, 5.41) is 9.46. The van der Waals surface area contributed by atoms with Crippen LogP contribution in [-0.4, -0.2) is 27.9 Å². The third-order valence-corrected chi connectivity index (χ3v) is 6.74. The molecule has 2 aliphatic rings. The van der Waals surface area contributed by atoms with Crippen LogP contribution in [0.25, 0.3) is 0 Å². The number of ether oxygens (including phenoxy) is 1. The normalized spacial score (nSPS) is 22.6. The summed E-state index contributed by atoms with van der Waals surface area (Å²) in [6.07, 6.45) is -0.139. The standard InChI is InChI=1S/C25H24ClN3O2/c1-6-7-16-9-11-18-20(28-16)14-29(21(18)30)22-24(2,3)23(25(22,4)5)31-17-10-8-15(13-27)19(26)12-17/h8-12,22-23H,14H2,1-5H3/t22-,23-. The summed E-state index contributed by atoms with van der Waals surface area (Å²) in [5.41, 5.74) is 1.93. The second kappa shape index (κ2) is 7.29. The topological polar surface area (TPSA) is 66.2 Å². The zero-order valence-electron chi connectivity index (χ0n) is 18.3. The number of amides is 1. The van der Waals surface area contributed by atoms with Crippen LogP contribution < -0.4 is 4.74 Å². The predicted octanol–water partition coefficient (Wildman–Crippen LogP) is 4.82. The quantitative estimate of drug-likeness (QED) is 0.651. The zero-order valence-corrected chi connectivity index (χ0v) is 19.0. The van der Waals surface area contributed by atoms with Crippen molar-refractivity contribution in [2.45, 2.75) is 53.3 Å². The van der Waals surface area contributed by atoms with Crippen molar-refractivity contribution in [2.24, 2.45) is 10.8 Å². The molecule has 0 spiro atoms. The number of pyridine rings is 1. The molecule has 0 bridgehead atoms. The van der Waals surface area contributed by atoms with Gasteiger partial charge in [-0.05, 0) is 37.1 Å². The molecule has 2 heterocycles. The number of hydrogen-bond donors (Lipinski definition) is 0. The fraction of sp³-hybridized carbons (Fsp3) is 0.400. The average Bonchev–Trinajstić information content (AvgIpc) is 3.01. The SMILES string of the molecule is CC#Cc1ccc2c(n1)CN([C@H]1C(C)(C)[C@H](Oc3ccc(C#N)c(Cl)c3)C1(C)C)C2=O. The van der Waals surface area contributed by atoms with Crippen molar-refractivity contribution in [1.29, 1.82) is 5.26 Å². The maximum atomic E-state index is 13.2. The monoisotopic (exact) mass is 433 g/mol. The van der Waals surface area contributed by atoms with E-state index >= 15 is 0 Å². The van der Waals surface area contributed by atoms with Crippen LogP contribution in [0.3, 0.4) is 0 Å². The number of benzene rings is 1. The molecule has 1 saturated carbocycles. The summed E-state index contributed by atoms with van der Waals surface area (Å²) in [6.45, 7) is 10.7. The Morgan fingerprint density at radius 2 is 1.90 bits per heavy atom. The fourth-order valence-corrected chi connectivity index (χ4v) is 5.83. The van der Waals surface area contributed by atoms with Crippen molar-refractivity contribution in [3.8, 4) is 23.7 Å². The van der Waals surface area contributed by atoms with Crippen molar-refractivity contribution in [2.75, 3.05) is 0 Å². The Bertz CT molecular complexity index is 1170. The number of rotatable bonds is 3. The molecule has 0 N–H and O–H groups in total. The Morgan fingerprint density at radius 1 is 1.19 bits per heavy atom. The van der Waals surface area contributed by atoms with Gasteiger partial charge >= 0.3 is 0 Å². The predicted molar refractivity (Wildman–Crippen MR) is 119 cm³/mol. The van der Waals surface area contributed by atoms with E-state index in [-0.39, 0.29) is 28.9 Å². The second-order valence-electron chi connectivity index (χ2n) is 9.30. The van der Waals surface area contributed by atoms with Gasteiger partial charge < -0.3 is 9.64 Å². The highest BCUT2D eigenvalue weighted by molar-refractivity contribution is 6.31. The number of hydrogen-bond acceptors (Lipinski definition) is 4. The molecular weight excluding hydrogens is 410 g/mol. The van der Waals surface area contributed by atoms with Crippen LogP contribution in [0, 0.1) is 34.0 Å². The van der Waals surface area contributed by atoms with E-state index in [1.165, 1.54) is 0 Å². The largest absolute Gasteiger partial charge is 0.489 e. The van der Waals surface area contributed by atoms with Crippen LogP contribution in [0.5, 0.6) is 5.75 Å². The summed E-state index contributed by atoms with van der Waals surface area (Å²) < 4.78 is 6.35. The van der Waals surface area contributed by atoms with E-state index in [4.69, 9.17) is 21.6 Å². The molecule has 0 saturated heterocycles. The van der Waals surface area contributed by atoms with Gasteiger partial charge in [-0.2, -0.15) is 5.26 Å². The van der Waals surface area contributed by atoms with Gasteiger partial charge in [0.25, 0.3) is 5.91 Å². The van der Waals surface area contributed by atoms with Crippen LogP contribution in [0.4, 0.5) is 0 Å². The molecule has 1 amide bonds. The molecular formula is C25H24ClN3O2. The Kier molecular flexibility index (Phi) is 4.99. The van der Waals surface area contributed by atoms with Gasteiger partial charge in [-0.1, -0.05) is 45.2 Å². The highest BCUT2D eigenvalue weighted by Crippen LogP contribution is 2.59. The Labute approximate surface area is 188 Å². The first-order valence-electron chi connectivity index (χ1n) is 10.2. The minimum Gasteiger partial charge on any atom is -0.489 e. The average molecular weight is 434 g/mol. The molecule has 5 nitrogen and oxygen atoms in total. The lowest BCUT2D eigenvalue weighted by Gasteiger charge is -2.65. The smallest absolute Gasteiger partial charge is 0.256 e. The van der Waals surface area contributed by atoms with Gasteiger partial charge in [-0.3, -0.25) is 4.79 Å². The summed E-state index contributed by atoms with van der Waals surface area (Å²) in [5.74, 6) is 6.44. The van der Waals surface area contributed by atoms with E-state index in [0.29, 0.717) is 34.1 Å². The molecule has 0 atom stereocenters. The molecule has 2 aromatic rings. The fourth-order valence-electron chi connectivity index (χ4n) is 5.62. The Hall–Kier alpha value is -3.02. The van der Waals surface area contributed by atoms with Crippen molar-refractivity contribution < 1.29 is 9.53 Å². The number of nitriles is 1. The first-order chi connectivity index (χ1) is 14.6. The van der Waals surface area contributed by atoms with E-state index in [9.17, 15) is 4.79 Å². The van der Waals surface area contributed by atoms with Crippen LogP contribution in [-0.2, 0) is 6.54 Å². The van der Waals surface area contributed by atoms with Gasteiger partial charge in [0.05, 0.1) is 28.4 Å². The Balaban J connectivity index is 1.59. The molecule has 0 radical (unpaired) electrons. The van der Waals surface area contributed by atoms with E-state index in [0.717, 1.165) is 5.69 Å². The van der Waals surface area contributed by atoms with Gasteiger partial charge in [-0.15, -0.1) is 0 Å². The summed E-state index contributed by atoms with van der Waals surface area (Å²) in [6, 6.07) is 10.8. The number of nitrogens with zero attached hydrogens (tertiary/aromatic N) is 3. The van der Waals surface area contributed by atoms with E-state index in [2.05, 4.69) is 50.6 Å². The number of halogens is 1. The molecule has 1 aliphatic carbocycles. The van der Waals surface area contributed by atoms with Crippen LogP contribution in [0.2, 0.25) is 5.02 Å². The summed E-state index contributed by atoms with van der Waals surface area (Å²) >= 11 is 6.18. The third-order valence-electron chi connectivity index (χ3n) is 6.43. The summed E-state index contributed by atoms with van der Waals surface area (Å²) in [4.78, 5) is 19.7. The second-order valence-corrected chi connectivity index (χ2v) is 9.70. The van der Waals surface area contributed by atoms with Gasteiger partial charge in [0, 0.05) is 22.9 Å². The van der Waals surface area contributed by atoms with Crippen LogP contribution in [0.15, 0.2) is 30.3 Å². The van der Waals surface area contributed by atoms with Crippen molar-refractivity contribution in [3.63, 3.8) is 0 Å².